The van der Waals surface area contributed by atoms with Gasteiger partial charge in [0.05, 0.1) is 0 Å². The smallest absolute Gasteiger partial charge is 0.195 e. The fraction of sp³-hybridized carbons (Fsp3) is 0.167. The van der Waals surface area contributed by atoms with Crippen molar-refractivity contribution in [3.05, 3.63) is 82.8 Å². The van der Waals surface area contributed by atoms with Gasteiger partial charge >= 0.3 is 0 Å². The van der Waals surface area contributed by atoms with Crippen LogP contribution in [0.1, 0.15) is 17.5 Å². The van der Waals surface area contributed by atoms with Gasteiger partial charge in [-0.25, -0.2) is 9.13 Å². The summed E-state index contributed by atoms with van der Waals surface area (Å²) >= 11 is 0. The number of halogens is 1. The molecule has 0 aliphatic carbocycles. The van der Waals surface area contributed by atoms with Crippen LogP contribution < -0.4 is 0 Å². The molecule has 0 spiro atoms. The van der Waals surface area contributed by atoms with Gasteiger partial charge in [-0.2, -0.15) is 0 Å². The second-order valence-electron chi connectivity index (χ2n) is 5.25. The molecule has 1 aliphatic rings. The zero-order valence-electron chi connectivity index (χ0n) is 11.6. The minimum atomic E-state index is -0.282. The number of hydrogen-bond donors (Lipinski definition) is 0. The van der Waals surface area contributed by atoms with E-state index in [0.29, 0.717) is 13.0 Å². The van der Waals surface area contributed by atoms with Crippen LogP contribution >= 0.6 is 0 Å². The highest BCUT2D eigenvalue weighted by atomic mass is 19.1. The molecule has 0 saturated carbocycles. The van der Waals surface area contributed by atoms with E-state index in [-0.39, 0.29) is 11.7 Å². The minimum absolute atomic E-state index is 0.197. The lowest BCUT2D eigenvalue weighted by Crippen LogP contribution is -2.09. The third kappa shape index (κ3) is 3.19. The van der Waals surface area contributed by atoms with Gasteiger partial charge in [0.1, 0.15) is 5.82 Å². The summed E-state index contributed by atoms with van der Waals surface area (Å²) in [5, 5.41) is 12.0. The standard InChI is InChI=1S/C18H16FNO/c19-17-10-8-16(9-11-17)18-12-15(13-20(18)21)7-6-14-4-2-1-3-5-14/h1-11,15H,12-13H2/b7-6+/t15-/m0/s1. The third-order valence-electron chi connectivity index (χ3n) is 3.69. The molecule has 0 N–H and O–H groups in total. The average molecular weight is 281 g/mol. The van der Waals surface area contributed by atoms with Crippen molar-refractivity contribution in [2.75, 3.05) is 6.54 Å². The first kappa shape index (κ1) is 13.6. The molecule has 1 heterocycles. The van der Waals surface area contributed by atoms with E-state index < -0.39 is 0 Å². The number of nitrogens with zero attached hydrogens (tertiary/aromatic N) is 1. The summed E-state index contributed by atoms with van der Waals surface area (Å²) in [6, 6.07) is 16.1. The van der Waals surface area contributed by atoms with Gasteiger partial charge in [-0.1, -0.05) is 42.5 Å². The highest BCUT2D eigenvalue weighted by molar-refractivity contribution is 5.97. The fourth-order valence-electron chi connectivity index (χ4n) is 2.58. The first-order valence-corrected chi connectivity index (χ1v) is 7.02. The van der Waals surface area contributed by atoms with Gasteiger partial charge < -0.3 is 5.21 Å². The predicted molar refractivity (Wildman–Crippen MR) is 82.6 cm³/mol. The predicted octanol–water partition coefficient (Wildman–Crippen LogP) is 3.86. The Labute approximate surface area is 123 Å². The number of rotatable bonds is 3. The zero-order chi connectivity index (χ0) is 14.7. The Morgan fingerprint density at radius 3 is 2.48 bits per heavy atom. The van der Waals surface area contributed by atoms with Gasteiger partial charge in [0.2, 0.25) is 0 Å². The Bertz CT molecular complexity index is 674. The van der Waals surface area contributed by atoms with Gasteiger partial charge in [0, 0.05) is 17.9 Å². The van der Waals surface area contributed by atoms with Crippen LogP contribution in [0.3, 0.4) is 0 Å². The molecule has 0 saturated heterocycles. The Kier molecular flexibility index (Phi) is 3.82. The van der Waals surface area contributed by atoms with Crippen molar-refractivity contribution in [3.63, 3.8) is 0 Å². The lowest BCUT2D eigenvalue weighted by Gasteiger charge is -2.01. The quantitative estimate of drug-likeness (QED) is 0.619. The average Bonchev–Trinajstić information content (AvgIpc) is 2.88. The maximum atomic E-state index is 12.9. The minimum Gasteiger partial charge on any atom is -0.624 e. The highest BCUT2D eigenvalue weighted by Gasteiger charge is 2.27. The van der Waals surface area contributed by atoms with E-state index in [1.807, 2.05) is 36.4 Å². The maximum absolute atomic E-state index is 12.9. The summed E-state index contributed by atoms with van der Waals surface area (Å²) in [5.41, 5.74) is 2.67. The first-order chi connectivity index (χ1) is 10.2. The molecule has 2 aromatic carbocycles. The summed E-state index contributed by atoms with van der Waals surface area (Å²) in [7, 11) is 0. The lowest BCUT2D eigenvalue weighted by molar-refractivity contribution is -0.452. The molecule has 21 heavy (non-hydrogen) atoms. The molecule has 0 fully saturated rings. The van der Waals surface area contributed by atoms with E-state index in [0.717, 1.165) is 21.6 Å². The van der Waals surface area contributed by atoms with Crippen LogP contribution in [0.5, 0.6) is 0 Å². The molecule has 0 amide bonds. The second-order valence-corrected chi connectivity index (χ2v) is 5.25. The highest BCUT2D eigenvalue weighted by Crippen LogP contribution is 2.20. The van der Waals surface area contributed by atoms with E-state index in [1.165, 1.54) is 12.1 Å². The molecule has 3 rings (SSSR count). The van der Waals surface area contributed by atoms with Crippen molar-refractivity contribution in [2.24, 2.45) is 5.92 Å². The SMILES string of the molecule is [O-][N+]1=C(c2ccc(F)cc2)C[C@H](/C=C/c2ccccc2)C1. The van der Waals surface area contributed by atoms with Crippen LogP contribution in [0.2, 0.25) is 0 Å². The maximum Gasteiger partial charge on any atom is 0.195 e. The van der Waals surface area contributed by atoms with Gasteiger partial charge in [0.25, 0.3) is 0 Å². The summed E-state index contributed by atoms with van der Waals surface area (Å²) in [6.45, 7) is 0.454. The van der Waals surface area contributed by atoms with Crippen LogP contribution in [-0.4, -0.2) is 17.0 Å². The molecule has 0 aromatic heterocycles. The van der Waals surface area contributed by atoms with E-state index in [2.05, 4.69) is 6.08 Å². The Morgan fingerprint density at radius 1 is 1.05 bits per heavy atom. The van der Waals surface area contributed by atoms with Crippen molar-refractivity contribution in [2.45, 2.75) is 6.42 Å². The molecule has 2 nitrogen and oxygen atoms in total. The largest absolute Gasteiger partial charge is 0.624 e. The molecule has 2 aromatic rings. The van der Waals surface area contributed by atoms with Gasteiger partial charge in [-0.05, 0) is 29.8 Å². The molecular formula is C18H16FNO. The molecule has 3 heteroatoms. The summed E-state index contributed by atoms with van der Waals surface area (Å²) < 4.78 is 14.0. The van der Waals surface area contributed by atoms with Crippen LogP contribution in [0, 0.1) is 16.9 Å². The zero-order valence-corrected chi connectivity index (χ0v) is 11.6. The van der Waals surface area contributed by atoms with Crippen LogP contribution in [0.15, 0.2) is 60.7 Å². The van der Waals surface area contributed by atoms with Crippen LogP contribution in [-0.2, 0) is 0 Å². The van der Waals surface area contributed by atoms with Crippen molar-refractivity contribution < 1.29 is 9.13 Å². The first-order valence-electron chi connectivity index (χ1n) is 7.02. The van der Waals surface area contributed by atoms with Crippen molar-refractivity contribution in [1.82, 2.24) is 0 Å². The molecular weight excluding hydrogens is 265 g/mol. The van der Waals surface area contributed by atoms with E-state index in [4.69, 9.17) is 0 Å². The van der Waals surface area contributed by atoms with E-state index in [9.17, 15) is 9.60 Å². The summed E-state index contributed by atoms with van der Waals surface area (Å²) in [4.78, 5) is 0. The number of hydrogen-bond acceptors (Lipinski definition) is 1. The van der Waals surface area contributed by atoms with Crippen molar-refractivity contribution in [3.8, 4) is 0 Å². The molecule has 0 radical (unpaired) electrons. The van der Waals surface area contributed by atoms with Crippen molar-refractivity contribution >= 4 is 11.8 Å². The molecule has 1 aliphatic heterocycles. The van der Waals surface area contributed by atoms with E-state index >= 15 is 0 Å². The fourth-order valence-corrected chi connectivity index (χ4v) is 2.58. The summed E-state index contributed by atoms with van der Waals surface area (Å²) in [6.07, 6.45) is 4.82. The topological polar surface area (TPSA) is 26.1 Å². The van der Waals surface area contributed by atoms with E-state index in [1.54, 1.807) is 12.1 Å². The summed E-state index contributed by atoms with van der Waals surface area (Å²) in [5.74, 6) is -0.0851. The van der Waals surface area contributed by atoms with Crippen LogP contribution in [0.25, 0.3) is 6.08 Å². The number of benzene rings is 2. The van der Waals surface area contributed by atoms with Crippen molar-refractivity contribution in [1.29, 1.82) is 0 Å². The van der Waals surface area contributed by atoms with Gasteiger partial charge in [0.15, 0.2) is 12.3 Å². The Morgan fingerprint density at radius 2 is 1.76 bits per heavy atom. The van der Waals surface area contributed by atoms with Gasteiger partial charge in [-0.3, -0.25) is 0 Å². The second kappa shape index (κ2) is 5.92. The van der Waals surface area contributed by atoms with Gasteiger partial charge in [-0.15, -0.1) is 0 Å². The monoisotopic (exact) mass is 281 g/mol. The third-order valence-corrected chi connectivity index (χ3v) is 3.69. The number of hydroxylamine groups is 1. The molecule has 0 bridgehead atoms. The Hall–Kier alpha value is -2.42. The van der Waals surface area contributed by atoms with Crippen LogP contribution in [0.4, 0.5) is 4.39 Å². The molecule has 106 valence electrons. The normalized spacial score (nSPS) is 18.6. The molecule has 1 atom stereocenters. The lowest BCUT2D eigenvalue weighted by atomic mass is 10.00. The molecule has 0 unspecified atom stereocenters. The Balaban J connectivity index is 1.71.